The Labute approximate surface area is 169 Å². The lowest BCUT2D eigenvalue weighted by atomic mass is 10.0. The third kappa shape index (κ3) is 4.77. The highest BCUT2D eigenvalue weighted by molar-refractivity contribution is 8.03. The van der Waals surface area contributed by atoms with Gasteiger partial charge in [-0.25, -0.2) is 9.18 Å². The average Bonchev–Trinajstić information content (AvgIpc) is 2.93. The number of rotatable bonds is 6. The molecule has 0 amide bonds. The summed E-state index contributed by atoms with van der Waals surface area (Å²) in [6.45, 7) is 7.37. The van der Waals surface area contributed by atoms with E-state index in [9.17, 15) is 14.3 Å². The third-order valence-corrected chi connectivity index (χ3v) is 5.96. The van der Waals surface area contributed by atoms with E-state index in [2.05, 4.69) is 9.80 Å². The van der Waals surface area contributed by atoms with E-state index in [1.165, 1.54) is 23.9 Å². The Kier molecular flexibility index (Phi) is 7.15. The van der Waals surface area contributed by atoms with Crippen LogP contribution >= 0.6 is 11.8 Å². The van der Waals surface area contributed by atoms with Crippen molar-refractivity contribution in [1.82, 2.24) is 9.80 Å². The van der Waals surface area contributed by atoms with Crippen molar-refractivity contribution in [3.63, 3.8) is 0 Å². The van der Waals surface area contributed by atoms with E-state index in [1.54, 1.807) is 6.07 Å². The summed E-state index contributed by atoms with van der Waals surface area (Å²) in [4.78, 5) is 16.4. The molecule has 28 heavy (non-hydrogen) atoms. The molecule has 1 atom stereocenters. The maximum Gasteiger partial charge on any atom is 0.338 e. The number of carboxylic acids is 1. The lowest BCUT2D eigenvalue weighted by Gasteiger charge is -2.43. The van der Waals surface area contributed by atoms with E-state index >= 15 is 0 Å². The van der Waals surface area contributed by atoms with Gasteiger partial charge >= 0.3 is 5.97 Å². The molecule has 0 saturated carbocycles. The molecule has 1 N–H and O–H groups in total. The van der Waals surface area contributed by atoms with Gasteiger partial charge in [0.25, 0.3) is 0 Å². The molecule has 0 aliphatic carbocycles. The first-order valence-corrected chi connectivity index (χ1v) is 10.6. The molecule has 1 aromatic carbocycles. The van der Waals surface area contributed by atoms with Gasteiger partial charge in [-0.1, -0.05) is 19.1 Å². The van der Waals surface area contributed by atoms with Crippen LogP contribution in [0.4, 0.5) is 4.39 Å². The highest BCUT2D eigenvalue weighted by Crippen LogP contribution is 2.37. The van der Waals surface area contributed by atoms with Crippen molar-refractivity contribution in [2.75, 3.05) is 32.1 Å². The number of hydrogen-bond donors (Lipinski definition) is 1. The van der Waals surface area contributed by atoms with Crippen LogP contribution in [0.25, 0.3) is 0 Å². The first kappa shape index (κ1) is 20.9. The molecule has 0 radical (unpaired) electrons. The number of carboxylic acid groups (broad SMARTS) is 1. The lowest BCUT2D eigenvalue weighted by molar-refractivity contribution is -0.132. The second kappa shape index (κ2) is 9.58. The zero-order chi connectivity index (χ0) is 20.1. The third-order valence-electron chi connectivity index (χ3n) is 4.96. The molecule has 1 unspecified atom stereocenters. The van der Waals surface area contributed by atoms with Gasteiger partial charge in [0.05, 0.1) is 17.2 Å². The van der Waals surface area contributed by atoms with E-state index in [4.69, 9.17) is 4.74 Å². The van der Waals surface area contributed by atoms with Crippen LogP contribution in [0.15, 0.2) is 46.5 Å². The van der Waals surface area contributed by atoms with Crippen molar-refractivity contribution in [3.8, 4) is 0 Å². The highest BCUT2D eigenvalue weighted by Gasteiger charge is 2.34. The van der Waals surface area contributed by atoms with Gasteiger partial charge in [-0.15, -0.1) is 11.8 Å². The van der Waals surface area contributed by atoms with E-state index < -0.39 is 5.97 Å². The molecule has 1 fully saturated rings. The number of carbonyl (C=O) groups is 1. The highest BCUT2D eigenvalue weighted by atomic mass is 32.2. The first-order chi connectivity index (χ1) is 13.5. The standard InChI is InChI=1S/C21H27FN2O3S/c1-3-28-20-19(21(25)26)15(2)12-18(23-8-5-10-27-11-9-23)24(20)14-16-6-4-7-17(22)13-16/h4,6-7,12-13,18H,3,5,8-11,14H2,1-2H3,(H,25,26). The predicted molar refractivity (Wildman–Crippen MR) is 109 cm³/mol. The van der Waals surface area contributed by atoms with E-state index in [1.807, 2.05) is 26.0 Å². The fourth-order valence-corrected chi connectivity index (χ4v) is 4.72. The normalized spacial score (nSPS) is 21.5. The average molecular weight is 407 g/mol. The van der Waals surface area contributed by atoms with Crippen molar-refractivity contribution < 1.29 is 19.0 Å². The van der Waals surface area contributed by atoms with E-state index in [0.29, 0.717) is 18.7 Å². The smallest absolute Gasteiger partial charge is 0.338 e. The molecule has 0 bridgehead atoms. The Morgan fingerprint density at radius 3 is 2.89 bits per heavy atom. The number of halogens is 1. The summed E-state index contributed by atoms with van der Waals surface area (Å²) in [7, 11) is 0. The molecule has 5 nitrogen and oxygen atoms in total. The summed E-state index contributed by atoms with van der Waals surface area (Å²) in [5.74, 6) is -0.450. The fourth-order valence-electron chi connectivity index (χ4n) is 3.71. The van der Waals surface area contributed by atoms with Gasteiger partial charge in [0, 0.05) is 26.2 Å². The number of aliphatic carboxylic acids is 1. The van der Waals surface area contributed by atoms with Gasteiger partial charge in [0.15, 0.2) is 0 Å². The Balaban J connectivity index is 2.02. The van der Waals surface area contributed by atoms with Crippen LogP contribution in [0.5, 0.6) is 0 Å². The minimum atomic E-state index is -0.924. The summed E-state index contributed by atoms with van der Waals surface area (Å²) in [6, 6.07) is 6.51. The second-order valence-electron chi connectivity index (χ2n) is 6.94. The van der Waals surface area contributed by atoms with Gasteiger partial charge in [0.2, 0.25) is 0 Å². The maximum absolute atomic E-state index is 13.8. The summed E-state index contributed by atoms with van der Waals surface area (Å²) in [5, 5.41) is 10.6. The van der Waals surface area contributed by atoms with Gasteiger partial charge in [-0.2, -0.15) is 0 Å². The zero-order valence-corrected chi connectivity index (χ0v) is 17.2. The number of benzene rings is 1. The molecule has 7 heteroatoms. The van der Waals surface area contributed by atoms with Crippen LogP contribution in [0.3, 0.4) is 0 Å². The largest absolute Gasteiger partial charge is 0.478 e. The van der Waals surface area contributed by atoms with Crippen LogP contribution in [0.1, 0.15) is 25.8 Å². The topological polar surface area (TPSA) is 53.0 Å². The van der Waals surface area contributed by atoms with Crippen LogP contribution in [-0.2, 0) is 16.1 Å². The Bertz CT molecular complexity index is 773. The van der Waals surface area contributed by atoms with Gasteiger partial charge in [-0.05, 0) is 48.4 Å². The van der Waals surface area contributed by atoms with Crippen molar-refractivity contribution in [3.05, 3.63) is 57.9 Å². The number of nitrogens with zero attached hydrogens (tertiary/aromatic N) is 2. The molecule has 0 aromatic heterocycles. The van der Waals surface area contributed by atoms with Gasteiger partial charge in [0.1, 0.15) is 12.0 Å². The summed E-state index contributed by atoms with van der Waals surface area (Å²) >= 11 is 1.53. The SMILES string of the molecule is CCSC1=C(C(=O)O)C(C)=CC(N2CCCOCC2)N1Cc1cccc(F)c1. The van der Waals surface area contributed by atoms with Crippen molar-refractivity contribution in [1.29, 1.82) is 0 Å². The predicted octanol–water partition coefficient (Wildman–Crippen LogP) is 3.69. The molecule has 2 heterocycles. The summed E-state index contributed by atoms with van der Waals surface area (Å²) < 4.78 is 19.4. The molecule has 3 rings (SSSR count). The van der Waals surface area contributed by atoms with E-state index in [-0.39, 0.29) is 12.0 Å². The molecular weight excluding hydrogens is 379 g/mol. The van der Waals surface area contributed by atoms with Crippen molar-refractivity contribution in [2.45, 2.75) is 33.0 Å². The van der Waals surface area contributed by atoms with Crippen molar-refractivity contribution >= 4 is 17.7 Å². The molecule has 0 spiro atoms. The lowest BCUT2D eigenvalue weighted by Crippen LogP contribution is -2.49. The Morgan fingerprint density at radius 1 is 1.36 bits per heavy atom. The minimum absolute atomic E-state index is 0.0814. The van der Waals surface area contributed by atoms with Crippen LogP contribution < -0.4 is 0 Å². The summed E-state index contributed by atoms with van der Waals surface area (Å²) in [6.07, 6.45) is 2.87. The monoisotopic (exact) mass is 406 g/mol. The zero-order valence-electron chi connectivity index (χ0n) is 16.4. The molecular formula is C21H27FN2O3S. The number of ether oxygens (including phenoxy) is 1. The molecule has 2 aliphatic heterocycles. The van der Waals surface area contributed by atoms with Crippen LogP contribution in [0.2, 0.25) is 0 Å². The first-order valence-electron chi connectivity index (χ1n) is 9.63. The number of thioether (sulfide) groups is 1. The fraction of sp³-hybridized carbons (Fsp3) is 0.476. The Hall–Kier alpha value is -1.83. The van der Waals surface area contributed by atoms with Crippen LogP contribution in [-0.4, -0.2) is 59.1 Å². The van der Waals surface area contributed by atoms with Crippen LogP contribution in [0, 0.1) is 5.82 Å². The quantitative estimate of drug-likeness (QED) is 0.778. The van der Waals surface area contributed by atoms with Crippen molar-refractivity contribution in [2.24, 2.45) is 0 Å². The molecule has 1 saturated heterocycles. The molecule has 2 aliphatic rings. The van der Waals surface area contributed by atoms with E-state index in [0.717, 1.165) is 48.0 Å². The maximum atomic E-state index is 13.8. The van der Waals surface area contributed by atoms with Gasteiger partial charge in [-0.3, -0.25) is 4.90 Å². The second-order valence-corrected chi connectivity index (χ2v) is 8.19. The number of hydrogen-bond acceptors (Lipinski definition) is 5. The van der Waals surface area contributed by atoms with Gasteiger partial charge < -0.3 is 14.7 Å². The summed E-state index contributed by atoms with van der Waals surface area (Å²) in [5.41, 5.74) is 1.93. The molecule has 152 valence electrons. The Morgan fingerprint density at radius 2 is 2.18 bits per heavy atom. The minimum Gasteiger partial charge on any atom is -0.478 e. The molecule has 1 aromatic rings.